The Hall–Kier alpha value is -1.20. The summed E-state index contributed by atoms with van der Waals surface area (Å²) in [7, 11) is 1.68. The quantitative estimate of drug-likeness (QED) is 0.793. The van der Waals surface area contributed by atoms with Gasteiger partial charge in [-0.25, -0.2) is 4.98 Å². The lowest BCUT2D eigenvalue weighted by atomic mass is 10.2. The zero-order chi connectivity index (χ0) is 12.5. The monoisotopic (exact) mass is 249 g/mol. The fourth-order valence-corrected chi connectivity index (χ4v) is 2.22. The van der Waals surface area contributed by atoms with Crippen molar-refractivity contribution >= 4 is 0 Å². The van der Waals surface area contributed by atoms with E-state index in [1.54, 1.807) is 13.2 Å². The third kappa shape index (κ3) is 2.79. The van der Waals surface area contributed by atoms with E-state index in [4.69, 9.17) is 4.74 Å². The fourth-order valence-electron chi connectivity index (χ4n) is 2.22. The maximum atomic E-state index is 11.7. The van der Waals surface area contributed by atoms with E-state index in [0.717, 1.165) is 18.5 Å². The van der Waals surface area contributed by atoms with Crippen molar-refractivity contribution in [3.05, 3.63) is 27.9 Å². The molecule has 0 aromatic carbocycles. The summed E-state index contributed by atoms with van der Waals surface area (Å²) in [6, 6.07) is 2.19. The van der Waals surface area contributed by atoms with Gasteiger partial charge < -0.3 is 15.0 Å². The van der Waals surface area contributed by atoms with Crippen molar-refractivity contribution in [1.82, 2.24) is 15.3 Å². The van der Waals surface area contributed by atoms with Crippen LogP contribution >= 0.6 is 0 Å². The second-order valence-electron chi connectivity index (χ2n) is 5.27. The normalized spacial score (nSPS) is 20.9. The van der Waals surface area contributed by atoms with Crippen molar-refractivity contribution in [2.24, 2.45) is 5.92 Å². The van der Waals surface area contributed by atoms with Crippen molar-refractivity contribution in [2.45, 2.75) is 44.4 Å². The predicted molar refractivity (Wildman–Crippen MR) is 67.2 cm³/mol. The molecule has 0 bridgehead atoms. The molecule has 5 nitrogen and oxygen atoms in total. The molecule has 0 aliphatic heterocycles. The standard InChI is InChI=1S/C13H19N3O2/c1-18-12(8-2-3-8)13-15-10(6-11(17)16-13)7-14-9-4-5-9/h6,8-9,12,14H,2-5,7H2,1H3,(H,15,16,17). The van der Waals surface area contributed by atoms with E-state index in [-0.39, 0.29) is 11.7 Å². The zero-order valence-corrected chi connectivity index (χ0v) is 10.6. The van der Waals surface area contributed by atoms with Gasteiger partial charge in [0.15, 0.2) is 0 Å². The second-order valence-corrected chi connectivity index (χ2v) is 5.27. The van der Waals surface area contributed by atoms with E-state index in [2.05, 4.69) is 15.3 Å². The van der Waals surface area contributed by atoms with Gasteiger partial charge in [0.2, 0.25) is 0 Å². The van der Waals surface area contributed by atoms with E-state index in [1.807, 2.05) is 0 Å². The summed E-state index contributed by atoms with van der Waals surface area (Å²) < 4.78 is 5.46. The summed E-state index contributed by atoms with van der Waals surface area (Å²) in [6.07, 6.45) is 4.73. The molecule has 2 fully saturated rings. The number of ether oxygens (including phenoxy) is 1. The average molecular weight is 249 g/mol. The molecule has 1 aromatic rings. The molecule has 0 amide bonds. The van der Waals surface area contributed by atoms with Crippen LogP contribution in [0.5, 0.6) is 0 Å². The maximum absolute atomic E-state index is 11.7. The zero-order valence-electron chi connectivity index (χ0n) is 10.6. The molecule has 18 heavy (non-hydrogen) atoms. The number of nitrogens with one attached hydrogen (secondary N) is 2. The first-order valence-electron chi connectivity index (χ1n) is 6.62. The minimum absolute atomic E-state index is 0.0569. The minimum Gasteiger partial charge on any atom is -0.373 e. The number of hydrogen-bond donors (Lipinski definition) is 2. The van der Waals surface area contributed by atoms with Gasteiger partial charge in [0.05, 0.1) is 5.69 Å². The molecule has 0 radical (unpaired) electrons. The first kappa shape index (κ1) is 11.9. The van der Waals surface area contributed by atoms with Crippen molar-refractivity contribution in [2.75, 3.05) is 7.11 Å². The van der Waals surface area contributed by atoms with Crippen LogP contribution in [-0.2, 0) is 11.3 Å². The number of H-pyrrole nitrogens is 1. The number of methoxy groups -OCH3 is 1. The van der Waals surface area contributed by atoms with Gasteiger partial charge in [0.1, 0.15) is 11.9 Å². The minimum atomic E-state index is -0.0877. The van der Waals surface area contributed by atoms with Crippen LogP contribution in [0.2, 0.25) is 0 Å². The lowest BCUT2D eigenvalue weighted by Gasteiger charge is -2.14. The molecule has 2 N–H and O–H groups in total. The summed E-state index contributed by atoms with van der Waals surface area (Å²) in [5.41, 5.74) is 0.721. The van der Waals surface area contributed by atoms with Crippen LogP contribution in [0.3, 0.4) is 0 Å². The Bertz CT molecular complexity index is 477. The third-order valence-electron chi connectivity index (χ3n) is 3.54. The molecule has 1 unspecified atom stereocenters. The highest BCUT2D eigenvalue weighted by atomic mass is 16.5. The van der Waals surface area contributed by atoms with Crippen molar-refractivity contribution in [1.29, 1.82) is 0 Å². The number of nitrogens with zero attached hydrogens (tertiary/aromatic N) is 1. The first-order valence-corrected chi connectivity index (χ1v) is 6.62. The summed E-state index contributed by atoms with van der Waals surface area (Å²) in [4.78, 5) is 19.0. The SMILES string of the molecule is COC(c1nc(CNC2CC2)cc(=O)[nH]1)C1CC1. The van der Waals surface area contributed by atoms with Gasteiger partial charge in [-0.15, -0.1) is 0 Å². The average Bonchev–Trinajstić information content (AvgIpc) is 3.21. The third-order valence-corrected chi connectivity index (χ3v) is 3.54. The van der Waals surface area contributed by atoms with Crippen LogP contribution in [0.25, 0.3) is 0 Å². The Kier molecular flexibility index (Phi) is 3.18. The van der Waals surface area contributed by atoms with Crippen molar-refractivity contribution in [3.8, 4) is 0 Å². The lowest BCUT2D eigenvalue weighted by molar-refractivity contribution is 0.0767. The highest BCUT2D eigenvalue weighted by Gasteiger charge is 2.34. The summed E-state index contributed by atoms with van der Waals surface area (Å²) >= 11 is 0. The van der Waals surface area contributed by atoms with Gasteiger partial charge in [-0.3, -0.25) is 4.79 Å². The van der Waals surface area contributed by atoms with Crippen LogP contribution in [0.4, 0.5) is 0 Å². The van der Waals surface area contributed by atoms with Crippen LogP contribution in [0.15, 0.2) is 10.9 Å². The molecule has 1 heterocycles. The Morgan fingerprint density at radius 3 is 2.89 bits per heavy atom. The number of aromatic amines is 1. The summed E-state index contributed by atoms with van der Waals surface area (Å²) in [6.45, 7) is 0.669. The molecular weight excluding hydrogens is 230 g/mol. The maximum Gasteiger partial charge on any atom is 0.251 e. The van der Waals surface area contributed by atoms with Crippen molar-refractivity contribution in [3.63, 3.8) is 0 Å². The van der Waals surface area contributed by atoms with Gasteiger partial charge in [-0.1, -0.05) is 0 Å². The Balaban J connectivity index is 1.77. The highest BCUT2D eigenvalue weighted by molar-refractivity contribution is 5.07. The van der Waals surface area contributed by atoms with Crippen molar-refractivity contribution < 1.29 is 4.74 Å². The predicted octanol–water partition coefficient (Wildman–Crippen LogP) is 1.12. The van der Waals surface area contributed by atoms with E-state index in [1.165, 1.54) is 12.8 Å². The smallest absolute Gasteiger partial charge is 0.251 e. The van der Waals surface area contributed by atoms with Gasteiger partial charge in [0.25, 0.3) is 5.56 Å². The molecule has 2 aliphatic rings. The van der Waals surface area contributed by atoms with Crippen LogP contribution < -0.4 is 10.9 Å². The molecule has 3 rings (SSSR count). The largest absolute Gasteiger partial charge is 0.373 e. The van der Waals surface area contributed by atoms with E-state index in [0.29, 0.717) is 24.3 Å². The first-order chi connectivity index (χ1) is 8.76. The second kappa shape index (κ2) is 4.82. The van der Waals surface area contributed by atoms with Gasteiger partial charge in [0, 0.05) is 25.8 Å². The van der Waals surface area contributed by atoms with E-state index >= 15 is 0 Å². The molecule has 1 atom stereocenters. The Labute approximate surface area is 106 Å². The molecule has 1 aromatic heterocycles. The number of aromatic nitrogens is 2. The topological polar surface area (TPSA) is 67.0 Å². The Morgan fingerprint density at radius 1 is 1.50 bits per heavy atom. The number of rotatable bonds is 6. The number of hydrogen-bond acceptors (Lipinski definition) is 4. The van der Waals surface area contributed by atoms with Gasteiger partial charge in [-0.2, -0.15) is 0 Å². The van der Waals surface area contributed by atoms with E-state index in [9.17, 15) is 4.79 Å². The summed E-state index contributed by atoms with van der Waals surface area (Å²) in [5.74, 6) is 1.20. The molecule has 98 valence electrons. The van der Waals surface area contributed by atoms with Crippen LogP contribution in [0.1, 0.15) is 43.3 Å². The molecule has 0 spiro atoms. The summed E-state index contributed by atoms with van der Waals surface area (Å²) in [5, 5.41) is 3.37. The molecule has 2 aliphatic carbocycles. The van der Waals surface area contributed by atoms with Crippen LogP contribution in [0, 0.1) is 5.92 Å². The molecule has 2 saturated carbocycles. The van der Waals surface area contributed by atoms with Crippen LogP contribution in [-0.4, -0.2) is 23.1 Å². The fraction of sp³-hybridized carbons (Fsp3) is 0.692. The molecule has 5 heteroatoms. The lowest BCUT2D eigenvalue weighted by Crippen LogP contribution is -2.22. The highest BCUT2D eigenvalue weighted by Crippen LogP contribution is 2.41. The molecule has 0 saturated heterocycles. The molecular formula is C13H19N3O2. The van der Waals surface area contributed by atoms with Gasteiger partial charge >= 0.3 is 0 Å². The van der Waals surface area contributed by atoms with Gasteiger partial charge in [-0.05, 0) is 31.6 Å². The Morgan fingerprint density at radius 2 is 2.28 bits per heavy atom. The van der Waals surface area contributed by atoms with E-state index < -0.39 is 0 Å².